The molecule has 0 spiro atoms. The lowest BCUT2D eigenvalue weighted by molar-refractivity contribution is -0.138. The first-order valence-electron chi connectivity index (χ1n) is 9.16. The zero-order valence-electron chi connectivity index (χ0n) is 14.9. The number of carbonyl (C=O) groups excluding carboxylic acids is 2. The summed E-state index contributed by atoms with van der Waals surface area (Å²) in [7, 11) is 0. The first-order valence-corrected chi connectivity index (χ1v) is 9.54. The van der Waals surface area contributed by atoms with E-state index in [4.69, 9.17) is 16.3 Å². The molecule has 2 aliphatic rings. The van der Waals surface area contributed by atoms with Crippen molar-refractivity contribution >= 4 is 23.4 Å². The number of nitrogens with zero attached hydrogens (tertiary/aromatic N) is 2. The lowest BCUT2D eigenvalue weighted by Crippen LogP contribution is -2.53. The number of piperazine rings is 1. The minimum atomic E-state index is -0.157. The lowest BCUT2D eigenvalue weighted by atomic mass is 9.95. The Morgan fingerprint density at radius 1 is 0.963 bits per heavy atom. The van der Waals surface area contributed by atoms with Crippen LogP contribution in [0.5, 0.6) is 5.75 Å². The van der Waals surface area contributed by atoms with Gasteiger partial charge in [0.05, 0.1) is 5.92 Å². The second-order valence-corrected chi connectivity index (χ2v) is 7.38. The van der Waals surface area contributed by atoms with Crippen molar-refractivity contribution in [1.29, 1.82) is 0 Å². The number of hydrogen-bond donors (Lipinski definition) is 0. The molecule has 1 atom stereocenters. The molecule has 1 unspecified atom stereocenters. The smallest absolute Gasteiger partial charge is 0.254 e. The molecule has 2 aromatic carbocycles. The summed E-state index contributed by atoms with van der Waals surface area (Å²) in [5.74, 6) is 0.785. The monoisotopic (exact) mass is 384 g/mol. The van der Waals surface area contributed by atoms with Crippen molar-refractivity contribution in [2.45, 2.75) is 6.42 Å². The van der Waals surface area contributed by atoms with Gasteiger partial charge in [-0.25, -0.2) is 0 Å². The average Bonchev–Trinajstić information content (AvgIpc) is 2.72. The van der Waals surface area contributed by atoms with E-state index in [0.29, 0.717) is 49.8 Å². The molecule has 0 N–H and O–H groups in total. The number of hydrogen-bond acceptors (Lipinski definition) is 3. The van der Waals surface area contributed by atoms with Gasteiger partial charge in [0.2, 0.25) is 5.91 Å². The summed E-state index contributed by atoms with van der Waals surface area (Å²) in [5.41, 5.74) is 1.66. The SMILES string of the molecule is O=C(c1cccc(Cl)c1)N1CCN(C(=O)C2COc3ccccc3C2)CC1. The third-order valence-corrected chi connectivity index (χ3v) is 5.41. The Morgan fingerprint density at radius 3 is 2.48 bits per heavy atom. The van der Waals surface area contributed by atoms with Crippen LogP contribution in [0.1, 0.15) is 15.9 Å². The zero-order valence-corrected chi connectivity index (χ0v) is 15.7. The normalized spacial score (nSPS) is 19.2. The van der Waals surface area contributed by atoms with Gasteiger partial charge in [-0.2, -0.15) is 0 Å². The van der Waals surface area contributed by atoms with E-state index < -0.39 is 0 Å². The fraction of sp³-hybridized carbons (Fsp3) is 0.333. The van der Waals surface area contributed by atoms with E-state index >= 15 is 0 Å². The third-order valence-electron chi connectivity index (χ3n) is 5.18. The van der Waals surface area contributed by atoms with Gasteiger partial charge in [-0.1, -0.05) is 35.9 Å². The largest absolute Gasteiger partial charge is 0.492 e. The molecule has 4 rings (SSSR count). The Bertz CT molecular complexity index is 862. The summed E-state index contributed by atoms with van der Waals surface area (Å²) in [6.45, 7) is 2.56. The number of para-hydroxylation sites is 1. The number of fused-ring (bicyclic) bond motifs is 1. The summed E-state index contributed by atoms with van der Waals surface area (Å²) in [6, 6.07) is 14.8. The highest BCUT2D eigenvalue weighted by atomic mass is 35.5. The fourth-order valence-corrected chi connectivity index (χ4v) is 3.87. The van der Waals surface area contributed by atoms with Crippen LogP contribution in [0.2, 0.25) is 5.02 Å². The van der Waals surface area contributed by atoms with Gasteiger partial charge < -0.3 is 14.5 Å². The maximum Gasteiger partial charge on any atom is 0.254 e. The minimum Gasteiger partial charge on any atom is -0.492 e. The summed E-state index contributed by atoms with van der Waals surface area (Å²) in [5, 5.41) is 0.548. The molecule has 2 aromatic rings. The van der Waals surface area contributed by atoms with Crippen LogP contribution in [0.15, 0.2) is 48.5 Å². The van der Waals surface area contributed by atoms with Crippen molar-refractivity contribution < 1.29 is 14.3 Å². The van der Waals surface area contributed by atoms with Gasteiger partial charge >= 0.3 is 0 Å². The van der Waals surface area contributed by atoms with Gasteiger partial charge in [-0.05, 0) is 36.2 Å². The molecule has 6 heteroatoms. The Kier molecular flexibility index (Phi) is 5.03. The number of halogens is 1. The van der Waals surface area contributed by atoms with Gasteiger partial charge in [0.1, 0.15) is 12.4 Å². The minimum absolute atomic E-state index is 0.0421. The molecule has 2 heterocycles. The van der Waals surface area contributed by atoms with Crippen LogP contribution >= 0.6 is 11.6 Å². The van der Waals surface area contributed by atoms with Crippen LogP contribution in [0.4, 0.5) is 0 Å². The number of carbonyl (C=O) groups is 2. The van der Waals surface area contributed by atoms with Crippen molar-refractivity contribution in [2.75, 3.05) is 32.8 Å². The molecule has 0 aromatic heterocycles. The molecule has 2 aliphatic heterocycles. The highest BCUT2D eigenvalue weighted by molar-refractivity contribution is 6.30. The van der Waals surface area contributed by atoms with Crippen LogP contribution in [0, 0.1) is 5.92 Å². The molecule has 2 amide bonds. The van der Waals surface area contributed by atoms with Crippen LogP contribution in [0.3, 0.4) is 0 Å². The van der Waals surface area contributed by atoms with Crippen molar-refractivity contribution in [3.8, 4) is 5.75 Å². The molecular formula is C21H21ClN2O3. The first kappa shape index (κ1) is 17.9. The molecule has 140 valence electrons. The topological polar surface area (TPSA) is 49.9 Å². The van der Waals surface area contributed by atoms with Crippen molar-refractivity contribution in [1.82, 2.24) is 9.80 Å². The summed E-state index contributed by atoms with van der Waals surface area (Å²) >= 11 is 5.98. The molecule has 27 heavy (non-hydrogen) atoms. The highest BCUT2D eigenvalue weighted by Crippen LogP contribution is 2.28. The summed E-state index contributed by atoms with van der Waals surface area (Å²) in [6.07, 6.45) is 0.705. The second-order valence-electron chi connectivity index (χ2n) is 6.95. The summed E-state index contributed by atoms with van der Waals surface area (Å²) in [4.78, 5) is 29.1. The van der Waals surface area contributed by atoms with Crippen LogP contribution in [-0.4, -0.2) is 54.4 Å². The van der Waals surface area contributed by atoms with E-state index in [2.05, 4.69) is 0 Å². The number of ether oxygens (including phenoxy) is 1. The molecule has 0 radical (unpaired) electrons. The second kappa shape index (κ2) is 7.61. The standard InChI is InChI=1S/C21H21ClN2O3/c22-18-6-3-5-16(13-18)20(25)23-8-10-24(11-9-23)21(26)17-12-15-4-1-2-7-19(15)27-14-17/h1-7,13,17H,8-12,14H2. The highest BCUT2D eigenvalue weighted by Gasteiger charge is 2.32. The quantitative estimate of drug-likeness (QED) is 0.800. The third kappa shape index (κ3) is 3.78. The maximum atomic E-state index is 12.9. The van der Waals surface area contributed by atoms with Crippen molar-refractivity contribution in [2.24, 2.45) is 5.92 Å². The number of benzene rings is 2. The number of amides is 2. The summed E-state index contributed by atoms with van der Waals surface area (Å²) < 4.78 is 5.75. The van der Waals surface area contributed by atoms with Crippen LogP contribution in [0.25, 0.3) is 0 Å². The predicted octanol–water partition coefficient (Wildman–Crippen LogP) is 2.88. The molecule has 0 bridgehead atoms. The van der Waals surface area contributed by atoms with Gasteiger partial charge in [0.25, 0.3) is 5.91 Å². The Balaban J connectivity index is 1.35. The van der Waals surface area contributed by atoms with E-state index in [1.165, 1.54) is 0 Å². The lowest BCUT2D eigenvalue weighted by Gasteiger charge is -2.37. The van der Waals surface area contributed by atoms with Gasteiger partial charge in [0, 0.05) is 36.8 Å². The van der Waals surface area contributed by atoms with Gasteiger partial charge in [0.15, 0.2) is 0 Å². The Morgan fingerprint density at radius 2 is 1.70 bits per heavy atom. The molecule has 1 fully saturated rings. The Labute approximate surface area is 163 Å². The van der Waals surface area contributed by atoms with E-state index in [1.54, 1.807) is 29.2 Å². The van der Waals surface area contributed by atoms with Gasteiger partial charge in [-0.15, -0.1) is 0 Å². The number of rotatable bonds is 2. The van der Waals surface area contributed by atoms with Crippen LogP contribution in [-0.2, 0) is 11.2 Å². The van der Waals surface area contributed by atoms with E-state index in [9.17, 15) is 9.59 Å². The van der Waals surface area contributed by atoms with E-state index in [1.807, 2.05) is 29.2 Å². The molecule has 0 aliphatic carbocycles. The Hall–Kier alpha value is -2.53. The molecule has 5 nitrogen and oxygen atoms in total. The molecule has 0 saturated carbocycles. The fourth-order valence-electron chi connectivity index (χ4n) is 3.68. The maximum absolute atomic E-state index is 12.9. The van der Waals surface area contributed by atoms with Crippen LogP contribution < -0.4 is 4.74 Å². The average molecular weight is 385 g/mol. The van der Waals surface area contributed by atoms with E-state index in [0.717, 1.165) is 11.3 Å². The van der Waals surface area contributed by atoms with Crippen molar-refractivity contribution in [3.63, 3.8) is 0 Å². The molecule has 1 saturated heterocycles. The molecular weight excluding hydrogens is 364 g/mol. The van der Waals surface area contributed by atoms with Crippen molar-refractivity contribution in [3.05, 3.63) is 64.7 Å². The zero-order chi connectivity index (χ0) is 18.8. The van der Waals surface area contributed by atoms with E-state index in [-0.39, 0.29) is 17.7 Å². The van der Waals surface area contributed by atoms with Gasteiger partial charge in [-0.3, -0.25) is 9.59 Å². The first-order chi connectivity index (χ1) is 13.1. The predicted molar refractivity (Wildman–Crippen MR) is 103 cm³/mol.